The van der Waals surface area contributed by atoms with E-state index in [1.807, 2.05) is 23.0 Å². The third kappa shape index (κ3) is 2.53. The number of rotatable bonds is 5. The van der Waals surface area contributed by atoms with Gasteiger partial charge in [0.25, 0.3) is 0 Å². The van der Waals surface area contributed by atoms with Crippen LogP contribution in [0.4, 0.5) is 0 Å². The van der Waals surface area contributed by atoms with Crippen LogP contribution in [0, 0.1) is 0 Å². The van der Waals surface area contributed by atoms with Crippen molar-refractivity contribution in [1.82, 2.24) is 20.1 Å². The van der Waals surface area contributed by atoms with Crippen molar-refractivity contribution < 1.29 is 0 Å². The Hall–Kier alpha value is -1.68. The van der Waals surface area contributed by atoms with Crippen LogP contribution in [0.1, 0.15) is 25.1 Å². The lowest BCUT2D eigenvalue weighted by Gasteiger charge is -2.07. The van der Waals surface area contributed by atoms with E-state index in [2.05, 4.69) is 29.2 Å². The average molecular weight is 230 g/mol. The lowest BCUT2D eigenvalue weighted by Crippen LogP contribution is -2.13. The smallest absolute Gasteiger partial charge is 0.0679 e. The molecule has 2 rings (SSSR count). The number of aromatic nitrogens is 3. The van der Waals surface area contributed by atoms with Gasteiger partial charge in [-0.05, 0) is 25.1 Å². The molecule has 0 spiro atoms. The maximum atomic E-state index is 4.46. The van der Waals surface area contributed by atoms with Crippen molar-refractivity contribution in [1.29, 1.82) is 0 Å². The van der Waals surface area contributed by atoms with Crippen LogP contribution in [-0.2, 0) is 13.0 Å². The third-order valence-corrected chi connectivity index (χ3v) is 2.76. The van der Waals surface area contributed by atoms with Crippen LogP contribution in [-0.4, -0.2) is 21.3 Å². The zero-order chi connectivity index (χ0) is 12.1. The SMILES string of the molecule is CCNCc1cnn(-c2ccncc2)c1CC. The zero-order valence-corrected chi connectivity index (χ0v) is 10.3. The molecule has 0 unspecified atom stereocenters. The van der Waals surface area contributed by atoms with Gasteiger partial charge in [0.1, 0.15) is 0 Å². The van der Waals surface area contributed by atoms with Gasteiger partial charge in [-0.15, -0.1) is 0 Å². The second kappa shape index (κ2) is 5.59. The Kier molecular flexibility index (Phi) is 3.88. The fourth-order valence-corrected chi connectivity index (χ4v) is 1.90. The van der Waals surface area contributed by atoms with Crippen molar-refractivity contribution in [3.05, 3.63) is 42.0 Å². The molecule has 0 bridgehead atoms. The monoisotopic (exact) mass is 230 g/mol. The molecular formula is C13H18N4. The highest BCUT2D eigenvalue weighted by Crippen LogP contribution is 2.14. The maximum absolute atomic E-state index is 4.46. The van der Waals surface area contributed by atoms with Gasteiger partial charge in [0, 0.05) is 30.2 Å². The topological polar surface area (TPSA) is 42.7 Å². The van der Waals surface area contributed by atoms with Gasteiger partial charge in [-0.2, -0.15) is 5.10 Å². The molecule has 0 saturated heterocycles. The molecule has 0 saturated carbocycles. The van der Waals surface area contributed by atoms with Crippen LogP contribution in [0.2, 0.25) is 0 Å². The average Bonchev–Trinajstić information content (AvgIpc) is 2.80. The highest BCUT2D eigenvalue weighted by atomic mass is 15.3. The first kappa shape index (κ1) is 11.8. The van der Waals surface area contributed by atoms with Crippen LogP contribution in [0.25, 0.3) is 5.69 Å². The molecule has 2 aromatic rings. The van der Waals surface area contributed by atoms with E-state index in [0.717, 1.165) is 25.2 Å². The molecule has 2 heterocycles. The summed E-state index contributed by atoms with van der Waals surface area (Å²) in [5.41, 5.74) is 3.60. The van der Waals surface area contributed by atoms with E-state index in [1.54, 1.807) is 12.4 Å². The largest absolute Gasteiger partial charge is 0.313 e. The standard InChI is InChI=1S/C13H18N4/c1-3-13-11(9-14-4-2)10-16-17(13)12-5-7-15-8-6-12/h5-8,10,14H,3-4,9H2,1-2H3. The maximum Gasteiger partial charge on any atom is 0.0679 e. The molecule has 0 aromatic carbocycles. The van der Waals surface area contributed by atoms with E-state index >= 15 is 0 Å². The first-order chi connectivity index (χ1) is 8.36. The fourth-order valence-electron chi connectivity index (χ4n) is 1.90. The summed E-state index contributed by atoms with van der Waals surface area (Å²) in [6.45, 7) is 6.12. The van der Waals surface area contributed by atoms with Crippen LogP contribution >= 0.6 is 0 Å². The van der Waals surface area contributed by atoms with Crippen molar-refractivity contribution in [2.75, 3.05) is 6.54 Å². The molecule has 0 aliphatic rings. The molecule has 0 aliphatic heterocycles. The Morgan fingerprint density at radius 3 is 2.65 bits per heavy atom. The highest BCUT2D eigenvalue weighted by molar-refractivity contribution is 5.33. The fraction of sp³-hybridized carbons (Fsp3) is 0.385. The van der Waals surface area contributed by atoms with Crippen molar-refractivity contribution in [2.24, 2.45) is 0 Å². The summed E-state index contributed by atoms with van der Waals surface area (Å²) in [7, 11) is 0. The Morgan fingerprint density at radius 1 is 1.24 bits per heavy atom. The summed E-state index contributed by atoms with van der Waals surface area (Å²) >= 11 is 0. The molecule has 17 heavy (non-hydrogen) atoms. The zero-order valence-electron chi connectivity index (χ0n) is 10.3. The number of nitrogens with zero attached hydrogens (tertiary/aromatic N) is 3. The normalized spacial score (nSPS) is 10.7. The lowest BCUT2D eigenvalue weighted by molar-refractivity contribution is 0.716. The Morgan fingerprint density at radius 2 is 2.00 bits per heavy atom. The summed E-state index contributed by atoms with van der Waals surface area (Å²) in [4.78, 5) is 4.03. The number of hydrogen-bond acceptors (Lipinski definition) is 3. The number of hydrogen-bond donors (Lipinski definition) is 1. The first-order valence-corrected chi connectivity index (χ1v) is 6.03. The quantitative estimate of drug-likeness (QED) is 0.853. The first-order valence-electron chi connectivity index (χ1n) is 6.03. The van der Waals surface area contributed by atoms with E-state index in [4.69, 9.17) is 0 Å². The van der Waals surface area contributed by atoms with E-state index in [9.17, 15) is 0 Å². The van der Waals surface area contributed by atoms with E-state index in [1.165, 1.54) is 11.3 Å². The van der Waals surface area contributed by atoms with Gasteiger partial charge in [-0.3, -0.25) is 4.98 Å². The second-order valence-electron chi connectivity index (χ2n) is 3.87. The van der Waals surface area contributed by atoms with Crippen LogP contribution in [0.5, 0.6) is 0 Å². The van der Waals surface area contributed by atoms with Crippen molar-refractivity contribution in [2.45, 2.75) is 26.8 Å². The lowest BCUT2D eigenvalue weighted by atomic mass is 10.2. The Bertz CT molecular complexity index is 462. The van der Waals surface area contributed by atoms with E-state index in [-0.39, 0.29) is 0 Å². The van der Waals surface area contributed by atoms with Gasteiger partial charge >= 0.3 is 0 Å². The van der Waals surface area contributed by atoms with E-state index < -0.39 is 0 Å². The highest BCUT2D eigenvalue weighted by Gasteiger charge is 2.09. The molecular weight excluding hydrogens is 212 g/mol. The van der Waals surface area contributed by atoms with Crippen molar-refractivity contribution >= 4 is 0 Å². The van der Waals surface area contributed by atoms with Crippen molar-refractivity contribution in [3.8, 4) is 5.69 Å². The molecule has 0 aliphatic carbocycles. The summed E-state index contributed by atoms with van der Waals surface area (Å²) in [6.07, 6.45) is 6.51. The minimum absolute atomic E-state index is 0.880. The predicted octanol–water partition coefficient (Wildman–Crippen LogP) is 1.94. The molecule has 90 valence electrons. The van der Waals surface area contributed by atoms with Gasteiger partial charge < -0.3 is 5.32 Å². The van der Waals surface area contributed by atoms with Gasteiger partial charge in [0.05, 0.1) is 11.9 Å². The molecule has 4 heteroatoms. The molecule has 1 N–H and O–H groups in total. The Balaban J connectivity index is 2.32. The van der Waals surface area contributed by atoms with Crippen LogP contribution in [0.15, 0.2) is 30.7 Å². The van der Waals surface area contributed by atoms with Crippen molar-refractivity contribution in [3.63, 3.8) is 0 Å². The Labute approximate surface area is 102 Å². The van der Waals surface area contributed by atoms with Gasteiger partial charge in [0.2, 0.25) is 0 Å². The summed E-state index contributed by atoms with van der Waals surface area (Å²) < 4.78 is 1.99. The van der Waals surface area contributed by atoms with Gasteiger partial charge in [0.15, 0.2) is 0 Å². The minimum atomic E-state index is 0.880. The predicted molar refractivity (Wildman–Crippen MR) is 68.1 cm³/mol. The van der Waals surface area contributed by atoms with Gasteiger partial charge in [-0.1, -0.05) is 13.8 Å². The molecule has 0 atom stereocenters. The third-order valence-electron chi connectivity index (χ3n) is 2.76. The van der Waals surface area contributed by atoms with Gasteiger partial charge in [-0.25, -0.2) is 4.68 Å². The van der Waals surface area contributed by atoms with Crippen LogP contribution in [0.3, 0.4) is 0 Å². The molecule has 0 amide bonds. The molecule has 4 nitrogen and oxygen atoms in total. The molecule has 0 radical (unpaired) electrons. The number of pyridine rings is 1. The summed E-state index contributed by atoms with van der Waals surface area (Å²) in [5, 5.41) is 7.80. The summed E-state index contributed by atoms with van der Waals surface area (Å²) in [5.74, 6) is 0. The number of nitrogens with one attached hydrogen (secondary N) is 1. The van der Waals surface area contributed by atoms with E-state index in [0.29, 0.717) is 0 Å². The molecule has 0 fully saturated rings. The second-order valence-corrected chi connectivity index (χ2v) is 3.87. The van der Waals surface area contributed by atoms with Crippen LogP contribution < -0.4 is 5.32 Å². The summed E-state index contributed by atoms with van der Waals surface area (Å²) in [6, 6.07) is 3.95. The minimum Gasteiger partial charge on any atom is -0.313 e. The molecule has 2 aromatic heterocycles.